The average Bonchev–Trinajstić information content (AvgIpc) is 2.71. The molecule has 0 spiro atoms. The van der Waals surface area contributed by atoms with Crippen molar-refractivity contribution < 1.29 is 4.74 Å². The van der Waals surface area contributed by atoms with Gasteiger partial charge in [0.1, 0.15) is 5.75 Å². The molecule has 4 heteroatoms. The van der Waals surface area contributed by atoms with Crippen LogP contribution >= 0.6 is 12.2 Å². The van der Waals surface area contributed by atoms with Crippen molar-refractivity contribution in [2.24, 2.45) is 0 Å². The third-order valence-corrected chi connectivity index (χ3v) is 3.49. The van der Waals surface area contributed by atoms with E-state index < -0.39 is 0 Å². The van der Waals surface area contributed by atoms with Gasteiger partial charge >= 0.3 is 0 Å². The van der Waals surface area contributed by atoms with Gasteiger partial charge in [0.05, 0.1) is 12.8 Å². The van der Waals surface area contributed by atoms with Gasteiger partial charge in [0.15, 0.2) is 4.77 Å². The van der Waals surface area contributed by atoms with E-state index in [-0.39, 0.29) is 5.41 Å². The third kappa shape index (κ3) is 2.59. The Hall–Kier alpha value is -1.55. The lowest BCUT2D eigenvalue weighted by Crippen LogP contribution is -2.17. The molecule has 0 amide bonds. The molecule has 0 aliphatic rings. The van der Waals surface area contributed by atoms with Crippen molar-refractivity contribution >= 4 is 12.2 Å². The van der Waals surface area contributed by atoms with Gasteiger partial charge in [-0.25, -0.2) is 0 Å². The molecule has 0 aliphatic carbocycles. The highest BCUT2D eigenvalue weighted by molar-refractivity contribution is 7.71. The van der Waals surface area contributed by atoms with Crippen LogP contribution < -0.4 is 4.74 Å². The van der Waals surface area contributed by atoms with E-state index in [0.29, 0.717) is 0 Å². The molecular weight excluding hydrogens is 256 g/mol. The second-order valence-corrected chi connectivity index (χ2v) is 6.10. The van der Waals surface area contributed by atoms with E-state index >= 15 is 0 Å². The number of aryl methyl sites for hydroxylation is 1. The minimum Gasteiger partial charge on any atom is -0.497 e. The fraction of sp³-hybridized carbons (Fsp3) is 0.400. The van der Waals surface area contributed by atoms with Crippen molar-refractivity contribution in [3.63, 3.8) is 0 Å². The molecule has 0 atom stereocenters. The van der Waals surface area contributed by atoms with E-state index in [0.717, 1.165) is 21.8 Å². The summed E-state index contributed by atoms with van der Waals surface area (Å²) in [4.78, 5) is 3.14. The Labute approximate surface area is 119 Å². The van der Waals surface area contributed by atoms with Crippen LogP contribution in [0, 0.1) is 11.7 Å². The van der Waals surface area contributed by atoms with Crippen molar-refractivity contribution in [2.45, 2.75) is 33.1 Å². The fourth-order valence-electron chi connectivity index (χ4n) is 2.17. The van der Waals surface area contributed by atoms with Crippen LogP contribution in [0.5, 0.6) is 5.75 Å². The highest BCUT2D eigenvalue weighted by Crippen LogP contribution is 2.28. The molecule has 1 aromatic carbocycles. The lowest BCUT2D eigenvalue weighted by atomic mass is 9.92. The number of H-pyrrole nitrogens is 1. The van der Waals surface area contributed by atoms with Crippen molar-refractivity contribution in [3.05, 3.63) is 40.4 Å². The van der Waals surface area contributed by atoms with Crippen LogP contribution in [0.15, 0.2) is 24.4 Å². The van der Waals surface area contributed by atoms with E-state index in [1.54, 1.807) is 7.11 Å². The van der Waals surface area contributed by atoms with E-state index in [2.05, 4.69) is 37.2 Å². The summed E-state index contributed by atoms with van der Waals surface area (Å²) in [6, 6.07) is 6.03. The summed E-state index contributed by atoms with van der Waals surface area (Å²) in [5.74, 6) is 0.862. The fourth-order valence-corrected chi connectivity index (χ4v) is 2.42. The number of ether oxygens (including phenoxy) is 1. The Morgan fingerprint density at radius 2 is 1.95 bits per heavy atom. The van der Waals surface area contributed by atoms with Gasteiger partial charge in [-0.15, -0.1) is 0 Å². The number of nitrogens with zero attached hydrogens (tertiary/aromatic N) is 1. The lowest BCUT2D eigenvalue weighted by molar-refractivity contribution is 0.414. The van der Waals surface area contributed by atoms with Crippen LogP contribution in [-0.4, -0.2) is 16.7 Å². The van der Waals surface area contributed by atoms with Crippen molar-refractivity contribution in [1.82, 2.24) is 9.55 Å². The van der Waals surface area contributed by atoms with Crippen LogP contribution in [0.3, 0.4) is 0 Å². The van der Waals surface area contributed by atoms with Crippen molar-refractivity contribution in [2.75, 3.05) is 7.11 Å². The predicted molar refractivity (Wildman–Crippen MR) is 80.9 cm³/mol. The van der Waals surface area contributed by atoms with Crippen LogP contribution in [0.25, 0.3) is 5.69 Å². The van der Waals surface area contributed by atoms with Crippen LogP contribution in [0.2, 0.25) is 0 Å². The summed E-state index contributed by atoms with van der Waals surface area (Å²) in [7, 11) is 1.68. The van der Waals surface area contributed by atoms with Gasteiger partial charge < -0.3 is 9.72 Å². The molecule has 0 saturated heterocycles. The first-order valence-corrected chi connectivity index (χ1v) is 6.71. The van der Waals surface area contributed by atoms with E-state index in [4.69, 9.17) is 17.0 Å². The number of aromatic nitrogens is 2. The molecule has 2 aromatic rings. The lowest BCUT2D eigenvalue weighted by Gasteiger charge is -2.21. The first-order chi connectivity index (χ1) is 8.84. The SMILES string of the molecule is COc1ccc(-n2c(C(C)(C)C)c[nH]c2=S)c(C)c1. The van der Waals surface area contributed by atoms with E-state index in [1.165, 1.54) is 5.69 Å². The molecule has 0 unspecified atom stereocenters. The molecule has 0 fully saturated rings. The summed E-state index contributed by atoms with van der Waals surface area (Å²) in [5.41, 5.74) is 3.43. The molecule has 1 aromatic heterocycles. The van der Waals surface area contributed by atoms with Gasteiger partial charge in [-0.05, 0) is 42.9 Å². The number of hydrogen-bond donors (Lipinski definition) is 1. The maximum Gasteiger partial charge on any atom is 0.182 e. The standard InChI is InChI=1S/C15H20N2OS/c1-10-8-11(18-5)6-7-12(10)17-13(15(2,3)4)9-16-14(17)19/h6-9H,1-5H3,(H,16,19). The Morgan fingerprint density at radius 3 is 2.47 bits per heavy atom. The Bertz CT molecular complexity index is 647. The van der Waals surface area contributed by atoms with Gasteiger partial charge in [0.25, 0.3) is 0 Å². The Balaban J connectivity index is 2.66. The Kier molecular flexibility index (Phi) is 3.54. The quantitative estimate of drug-likeness (QED) is 0.835. The largest absolute Gasteiger partial charge is 0.497 e. The number of hydrogen-bond acceptors (Lipinski definition) is 2. The maximum atomic E-state index is 5.42. The summed E-state index contributed by atoms with van der Waals surface area (Å²) < 4.78 is 8.07. The van der Waals surface area contributed by atoms with Crippen molar-refractivity contribution in [3.8, 4) is 11.4 Å². The van der Waals surface area contributed by atoms with Gasteiger partial charge in [-0.3, -0.25) is 4.57 Å². The highest BCUT2D eigenvalue weighted by atomic mass is 32.1. The number of methoxy groups -OCH3 is 1. The topological polar surface area (TPSA) is 29.9 Å². The predicted octanol–water partition coefficient (Wildman–Crippen LogP) is 4.15. The van der Waals surface area contributed by atoms with E-state index in [1.807, 2.05) is 24.4 Å². The maximum absolute atomic E-state index is 5.42. The van der Waals surface area contributed by atoms with Crippen LogP contribution in [0.4, 0.5) is 0 Å². The molecule has 3 nitrogen and oxygen atoms in total. The molecule has 2 rings (SSSR count). The highest BCUT2D eigenvalue weighted by Gasteiger charge is 2.20. The minimum absolute atomic E-state index is 0.0277. The van der Waals surface area contributed by atoms with Gasteiger partial charge in [0, 0.05) is 17.3 Å². The number of benzene rings is 1. The number of imidazole rings is 1. The van der Waals surface area contributed by atoms with Gasteiger partial charge in [-0.2, -0.15) is 0 Å². The Morgan fingerprint density at radius 1 is 1.26 bits per heavy atom. The molecular formula is C15H20N2OS. The minimum atomic E-state index is 0.0277. The zero-order chi connectivity index (χ0) is 14.2. The molecule has 0 radical (unpaired) electrons. The first kappa shape index (κ1) is 13.9. The molecule has 0 bridgehead atoms. The zero-order valence-electron chi connectivity index (χ0n) is 12.1. The summed E-state index contributed by atoms with van der Waals surface area (Å²) in [5, 5.41) is 0. The average molecular weight is 276 g/mol. The molecule has 0 saturated carbocycles. The third-order valence-electron chi connectivity index (χ3n) is 3.19. The van der Waals surface area contributed by atoms with Crippen LogP contribution in [0.1, 0.15) is 32.0 Å². The second kappa shape index (κ2) is 4.85. The van der Waals surface area contributed by atoms with Gasteiger partial charge in [0.2, 0.25) is 0 Å². The number of rotatable bonds is 2. The second-order valence-electron chi connectivity index (χ2n) is 5.72. The van der Waals surface area contributed by atoms with Crippen molar-refractivity contribution in [1.29, 1.82) is 0 Å². The molecule has 19 heavy (non-hydrogen) atoms. The first-order valence-electron chi connectivity index (χ1n) is 6.30. The molecule has 1 N–H and O–H groups in total. The summed E-state index contributed by atoms with van der Waals surface area (Å²) >= 11 is 5.42. The smallest absolute Gasteiger partial charge is 0.182 e. The number of nitrogens with one attached hydrogen (secondary N) is 1. The number of aromatic amines is 1. The molecule has 0 aliphatic heterocycles. The van der Waals surface area contributed by atoms with Crippen LogP contribution in [-0.2, 0) is 5.41 Å². The van der Waals surface area contributed by atoms with E-state index in [9.17, 15) is 0 Å². The van der Waals surface area contributed by atoms with Gasteiger partial charge in [-0.1, -0.05) is 20.8 Å². The monoisotopic (exact) mass is 276 g/mol. The molecule has 102 valence electrons. The normalized spacial score (nSPS) is 11.6. The zero-order valence-corrected chi connectivity index (χ0v) is 12.9. The summed E-state index contributed by atoms with van der Waals surface area (Å²) in [6.45, 7) is 8.61. The summed E-state index contributed by atoms with van der Waals surface area (Å²) in [6.07, 6.45) is 1.99. The molecule has 1 heterocycles.